The van der Waals surface area contributed by atoms with E-state index in [4.69, 9.17) is 0 Å². The van der Waals surface area contributed by atoms with Gasteiger partial charge in [0.2, 0.25) is 0 Å². The van der Waals surface area contributed by atoms with E-state index in [2.05, 4.69) is 15.0 Å². The number of H-pyrrole nitrogens is 2. The molecule has 15 heavy (non-hydrogen) atoms. The Morgan fingerprint density at radius 1 is 1.47 bits per heavy atom. The Balaban J connectivity index is 2.26. The van der Waals surface area contributed by atoms with Gasteiger partial charge in [-0.2, -0.15) is 0 Å². The van der Waals surface area contributed by atoms with Crippen LogP contribution in [0.3, 0.4) is 0 Å². The standard InChI is InChI=1S/C9H10N4O2/c14-8-6-7(11-4-10-6)12-9(15)13(8)3-5-1-2-5/h4-5H,1-3H2,(H,10,11)(H,12,15). The number of rotatable bonds is 2. The first-order valence-electron chi connectivity index (χ1n) is 4.92. The summed E-state index contributed by atoms with van der Waals surface area (Å²) in [6.07, 6.45) is 3.61. The maximum atomic E-state index is 11.8. The number of nitrogens with zero attached hydrogens (tertiary/aromatic N) is 2. The molecule has 0 atom stereocenters. The van der Waals surface area contributed by atoms with Crippen LogP contribution in [0.25, 0.3) is 11.2 Å². The van der Waals surface area contributed by atoms with E-state index in [1.165, 1.54) is 10.9 Å². The molecule has 0 aromatic carbocycles. The van der Waals surface area contributed by atoms with E-state index in [9.17, 15) is 9.59 Å². The molecular formula is C9H10N4O2. The molecule has 1 aliphatic carbocycles. The number of imidazole rings is 1. The van der Waals surface area contributed by atoms with Crippen LogP contribution in [0, 0.1) is 5.92 Å². The van der Waals surface area contributed by atoms with Crippen molar-refractivity contribution in [2.24, 2.45) is 5.92 Å². The summed E-state index contributed by atoms with van der Waals surface area (Å²) in [7, 11) is 0. The Morgan fingerprint density at radius 3 is 3.00 bits per heavy atom. The molecule has 1 saturated carbocycles. The molecule has 2 aromatic heterocycles. The maximum Gasteiger partial charge on any atom is 0.330 e. The topological polar surface area (TPSA) is 83.5 Å². The lowest BCUT2D eigenvalue weighted by atomic mass is 10.4. The van der Waals surface area contributed by atoms with E-state index in [-0.39, 0.29) is 11.2 Å². The number of aromatic amines is 2. The van der Waals surface area contributed by atoms with Crippen LogP contribution in [0.5, 0.6) is 0 Å². The fourth-order valence-electron chi connectivity index (χ4n) is 1.67. The number of aromatic nitrogens is 4. The highest BCUT2D eigenvalue weighted by atomic mass is 16.2. The van der Waals surface area contributed by atoms with Crippen LogP contribution >= 0.6 is 0 Å². The third-order valence-corrected chi connectivity index (χ3v) is 2.71. The van der Waals surface area contributed by atoms with Gasteiger partial charge in [0.1, 0.15) is 5.52 Å². The first-order chi connectivity index (χ1) is 7.25. The lowest BCUT2D eigenvalue weighted by Crippen LogP contribution is -2.35. The largest absolute Gasteiger partial charge is 0.339 e. The molecule has 1 fully saturated rings. The highest BCUT2D eigenvalue weighted by Crippen LogP contribution is 2.29. The average Bonchev–Trinajstić information content (AvgIpc) is 2.90. The van der Waals surface area contributed by atoms with Crippen LogP contribution in [0.15, 0.2) is 15.9 Å². The molecule has 2 N–H and O–H groups in total. The normalized spacial score (nSPS) is 16.0. The van der Waals surface area contributed by atoms with Crippen molar-refractivity contribution in [2.45, 2.75) is 19.4 Å². The highest BCUT2D eigenvalue weighted by Gasteiger charge is 2.23. The second-order valence-electron chi connectivity index (χ2n) is 3.92. The number of fused-ring (bicyclic) bond motifs is 1. The third kappa shape index (κ3) is 1.29. The molecule has 0 bridgehead atoms. The lowest BCUT2D eigenvalue weighted by molar-refractivity contribution is 0.580. The van der Waals surface area contributed by atoms with E-state index in [0.29, 0.717) is 23.6 Å². The molecule has 2 aromatic rings. The quantitative estimate of drug-likeness (QED) is 0.715. The van der Waals surface area contributed by atoms with Crippen LogP contribution in [-0.2, 0) is 6.54 Å². The zero-order valence-corrected chi connectivity index (χ0v) is 7.99. The molecule has 0 amide bonds. The van der Waals surface area contributed by atoms with Crippen molar-refractivity contribution in [2.75, 3.05) is 0 Å². The highest BCUT2D eigenvalue weighted by molar-refractivity contribution is 5.67. The van der Waals surface area contributed by atoms with Crippen molar-refractivity contribution in [3.8, 4) is 0 Å². The van der Waals surface area contributed by atoms with Gasteiger partial charge in [-0.05, 0) is 18.8 Å². The molecule has 0 spiro atoms. The molecule has 1 aliphatic rings. The Labute approximate surface area is 84.0 Å². The summed E-state index contributed by atoms with van der Waals surface area (Å²) >= 11 is 0. The van der Waals surface area contributed by atoms with Crippen molar-refractivity contribution in [1.29, 1.82) is 0 Å². The fraction of sp³-hybridized carbons (Fsp3) is 0.444. The molecular weight excluding hydrogens is 196 g/mol. The van der Waals surface area contributed by atoms with Gasteiger partial charge in [-0.25, -0.2) is 9.78 Å². The van der Waals surface area contributed by atoms with Gasteiger partial charge in [-0.15, -0.1) is 0 Å². The number of hydrogen-bond acceptors (Lipinski definition) is 3. The average molecular weight is 206 g/mol. The molecule has 3 rings (SSSR count). The van der Waals surface area contributed by atoms with Gasteiger partial charge in [0.25, 0.3) is 5.56 Å². The Kier molecular flexibility index (Phi) is 1.59. The van der Waals surface area contributed by atoms with E-state index in [1.54, 1.807) is 0 Å². The minimum Gasteiger partial charge on any atom is -0.339 e. The predicted molar refractivity (Wildman–Crippen MR) is 53.7 cm³/mol. The molecule has 6 nitrogen and oxygen atoms in total. The molecule has 2 heterocycles. The van der Waals surface area contributed by atoms with Crippen LogP contribution in [-0.4, -0.2) is 19.5 Å². The summed E-state index contributed by atoms with van der Waals surface area (Å²) in [5.41, 5.74) is 0.0527. The molecule has 0 aliphatic heterocycles. The first-order valence-corrected chi connectivity index (χ1v) is 4.92. The summed E-state index contributed by atoms with van der Waals surface area (Å²) in [4.78, 5) is 32.6. The first kappa shape index (κ1) is 8.46. The zero-order chi connectivity index (χ0) is 10.4. The Morgan fingerprint density at radius 2 is 2.27 bits per heavy atom. The predicted octanol–water partition coefficient (Wildman–Crippen LogP) is -0.177. The van der Waals surface area contributed by atoms with Crippen molar-refractivity contribution in [3.05, 3.63) is 27.2 Å². The minimum absolute atomic E-state index is 0.279. The van der Waals surface area contributed by atoms with Gasteiger partial charge in [0.15, 0.2) is 5.65 Å². The molecule has 0 radical (unpaired) electrons. The van der Waals surface area contributed by atoms with Crippen molar-refractivity contribution >= 4 is 11.2 Å². The third-order valence-electron chi connectivity index (χ3n) is 2.71. The molecule has 0 unspecified atom stereocenters. The van der Waals surface area contributed by atoms with Gasteiger partial charge < -0.3 is 4.98 Å². The molecule has 0 saturated heterocycles. The van der Waals surface area contributed by atoms with Gasteiger partial charge in [-0.3, -0.25) is 14.3 Å². The summed E-state index contributed by atoms with van der Waals surface area (Å²) in [5.74, 6) is 0.490. The maximum absolute atomic E-state index is 11.8. The van der Waals surface area contributed by atoms with Gasteiger partial charge >= 0.3 is 5.69 Å². The van der Waals surface area contributed by atoms with Crippen molar-refractivity contribution in [1.82, 2.24) is 19.5 Å². The van der Waals surface area contributed by atoms with Crippen molar-refractivity contribution < 1.29 is 0 Å². The van der Waals surface area contributed by atoms with Crippen molar-refractivity contribution in [3.63, 3.8) is 0 Å². The molecule has 78 valence electrons. The van der Waals surface area contributed by atoms with E-state index in [1.807, 2.05) is 0 Å². The monoisotopic (exact) mass is 206 g/mol. The second-order valence-corrected chi connectivity index (χ2v) is 3.92. The summed E-state index contributed by atoms with van der Waals surface area (Å²) < 4.78 is 1.25. The zero-order valence-electron chi connectivity index (χ0n) is 7.99. The van der Waals surface area contributed by atoms with Crippen LogP contribution in [0.1, 0.15) is 12.8 Å². The Hall–Kier alpha value is -1.85. The SMILES string of the molecule is O=c1[nH]c2nc[nH]c2c(=O)n1CC1CC1. The van der Waals surface area contributed by atoms with Crippen LogP contribution in [0.2, 0.25) is 0 Å². The summed E-state index contributed by atoms with van der Waals surface area (Å²) in [6.45, 7) is 0.517. The van der Waals surface area contributed by atoms with E-state index < -0.39 is 0 Å². The lowest BCUT2D eigenvalue weighted by Gasteiger charge is -2.01. The minimum atomic E-state index is -0.369. The van der Waals surface area contributed by atoms with Gasteiger partial charge in [0.05, 0.1) is 6.33 Å². The summed E-state index contributed by atoms with van der Waals surface area (Å²) in [5, 5.41) is 0. The number of nitrogens with one attached hydrogen (secondary N) is 2. The Bertz CT molecular complexity index is 617. The smallest absolute Gasteiger partial charge is 0.330 e. The fourth-order valence-corrected chi connectivity index (χ4v) is 1.67. The van der Waals surface area contributed by atoms with E-state index >= 15 is 0 Å². The number of hydrogen-bond donors (Lipinski definition) is 2. The van der Waals surface area contributed by atoms with Gasteiger partial charge in [-0.1, -0.05) is 0 Å². The summed E-state index contributed by atoms with van der Waals surface area (Å²) in [6, 6.07) is 0. The second kappa shape index (κ2) is 2.82. The molecule has 6 heteroatoms. The van der Waals surface area contributed by atoms with E-state index in [0.717, 1.165) is 12.8 Å². The van der Waals surface area contributed by atoms with Crippen LogP contribution < -0.4 is 11.2 Å². The van der Waals surface area contributed by atoms with Crippen LogP contribution in [0.4, 0.5) is 0 Å². The van der Waals surface area contributed by atoms with Gasteiger partial charge in [0, 0.05) is 6.54 Å².